The van der Waals surface area contributed by atoms with Crippen molar-refractivity contribution in [2.75, 3.05) is 0 Å². The molecule has 1 heterocycles. The number of hydrogen-bond acceptors (Lipinski definition) is 5. The van der Waals surface area contributed by atoms with Crippen molar-refractivity contribution >= 4 is 28.4 Å². The van der Waals surface area contributed by atoms with Crippen molar-refractivity contribution in [3.05, 3.63) is 102 Å². The molecule has 0 amide bonds. The number of ketones is 2. The fourth-order valence-electron chi connectivity index (χ4n) is 4.29. The zero-order valence-corrected chi connectivity index (χ0v) is 19.2. The first-order chi connectivity index (χ1) is 17.3. The van der Waals surface area contributed by atoms with Crippen LogP contribution in [0.25, 0.3) is 10.9 Å². The summed E-state index contributed by atoms with van der Waals surface area (Å²) < 4.78 is 19.1. The number of rotatable bonds is 9. The van der Waals surface area contributed by atoms with E-state index >= 15 is 0 Å². The SMILES string of the molecule is O=C(O)c1ccc2nccc(Oc3ccc(CC(=O)C4(C(=O)Cc5ccc(F)cc5)CC4)cc3)c2c1. The molecule has 6 nitrogen and oxygen atoms in total. The van der Waals surface area contributed by atoms with Crippen LogP contribution in [0.5, 0.6) is 11.5 Å². The molecular weight excluding hydrogens is 461 g/mol. The minimum atomic E-state index is -1.04. The molecule has 3 aromatic carbocycles. The number of carbonyl (C=O) groups is 3. The number of Topliss-reactive ketones (excluding diaryl/α,β-unsaturated/α-hetero) is 2. The van der Waals surface area contributed by atoms with Gasteiger partial charge in [-0.05, 0) is 72.5 Å². The summed E-state index contributed by atoms with van der Waals surface area (Å²) in [5.74, 6) is -0.638. The topological polar surface area (TPSA) is 93.6 Å². The molecule has 180 valence electrons. The monoisotopic (exact) mass is 483 g/mol. The largest absolute Gasteiger partial charge is 0.478 e. The van der Waals surface area contributed by atoms with Crippen molar-refractivity contribution in [3.63, 3.8) is 0 Å². The van der Waals surface area contributed by atoms with E-state index in [1.807, 2.05) is 0 Å². The maximum atomic E-state index is 13.1. The number of aromatic carboxylic acids is 1. The number of carboxylic acids is 1. The summed E-state index contributed by atoms with van der Waals surface area (Å²) in [5.41, 5.74) is 1.26. The van der Waals surface area contributed by atoms with Crippen LogP contribution in [0.4, 0.5) is 4.39 Å². The lowest BCUT2D eigenvalue weighted by Gasteiger charge is -2.14. The molecule has 0 saturated heterocycles. The first-order valence-electron chi connectivity index (χ1n) is 11.5. The second-order valence-electron chi connectivity index (χ2n) is 9.00. The Hall–Kier alpha value is -4.39. The second kappa shape index (κ2) is 9.34. The summed E-state index contributed by atoms with van der Waals surface area (Å²) in [6.45, 7) is 0. The summed E-state index contributed by atoms with van der Waals surface area (Å²) in [6, 6.07) is 19.1. The molecule has 1 aromatic heterocycles. The van der Waals surface area contributed by atoms with Gasteiger partial charge in [0.25, 0.3) is 0 Å². The van der Waals surface area contributed by atoms with E-state index in [-0.39, 0.29) is 35.8 Å². The quantitative estimate of drug-likeness (QED) is 0.313. The summed E-state index contributed by atoms with van der Waals surface area (Å²) in [6.07, 6.45) is 2.92. The van der Waals surface area contributed by atoms with Gasteiger partial charge in [-0.1, -0.05) is 24.3 Å². The summed E-state index contributed by atoms with van der Waals surface area (Å²) >= 11 is 0. The molecule has 0 aliphatic heterocycles. The fraction of sp³-hybridized carbons (Fsp3) is 0.172. The molecule has 0 radical (unpaired) electrons. The normalized spacial score (nSPS) is 13.8. The highest BCUT2D eigenvalue weighted by Gasteiger charge is 2.54. The number of carboxylic acid groups (broad SMARTS) is 1. The van der Waals surface area contributed by atoms with Crippen molar-refractivity contribution in [3.8, 4) is 11.5 Å². The Morgan fingerprint density at radius 1 is 0.861 bits per heavy atom. The van der Waals surface area contributed by atoms with E-state index in [4.69, 9.17) is 4.74 Å². The van der Waals surface area contributed by atoms with Gasteiger partial charge in [0.05, 0.1) is 16.5 Å². The number of benzene rings is 3. The third kappa shape index (κ3) is 4.73. The number of carbonyl (C=O) groups excluding carboxylic acids is 2. The zero-order valence-electron chi connectivity index (χ0n) is 19.2. The average Bonchev–Trinajstić information content (AvgIpc) is 3.69. The maximum absolute atomic E-state index is 13.1. The van der Waals surface area contributed by atoms with E-state index in [1.165, 1.54) is 24.3 Å². The second-order valence-corrected chi connectivity index (χ2v) is 9.00. The molecule has 0 atom stereocenters. The van der Waals surface area contributed by atoms with Gasteiger partial charge in [-0.3, -0.25) is 14.6 Å². The Kier molecular flexibility index (Phi) is 6.06. The van der Waals surface area contributed by atoms with Gasteiger partial charge in [-0.15, -0.1) is 0 Å². The van der Waals surface area contributed by atoms with Gasteiger partial charge in [0.2, 0.25) is 0 Å². The van der Waals surface area contributed by atoms with Gasteiger partial charge in [-0.2, -0.15) is 0 Å². The number of halogens is 1. The van der Waals surface area contributed by atoms with Crippen LogP contribution in [-0.2, 0) is 22.4 Å². The van der Waals surface area contributed by atoms with Crippen molar-refractivity contribution in [2.24, 2.45) is 5.41 Å². The molecule has 0 unspecified atom stereocenters. The summed E-state index contributed by atoms with van der Waals surface area (Å²) in [7, 11) is 0. The van der Waals surface area contributed by atoms with E-state index in [0.29, 0.717) is 40.8 Å². The standard InChI is InChI=1S/C29H22FNO5/c30-21-6-1-18(2-7-21)15-26(32)29(12-13-29)27(33)16-19-3-8-22(9-4-19)36-25-11-14-31-24-10-5-20(28(34)35)17-23(24)25/h1-11,14,17H,12-13,15-16H2,(H,34,35). The third-order valence-corrected chi connectivity index (χ3v) is 6.56. The van der Waals surface area contributed by atoms with Crippen LogP contribution in [0.15, 0.2) is 79.0 Å². The minimum absolute atomic E-state index is 0.107. The smallest absolute Gasteiger partial charge is 0.335 e. The number of fused-ring (bicyclic) bond motifs is 1. The lowest BCUT2D eigenvalue weighted by Crippen LogP contribution is -2.28. The molecule has 4 aromatic rings. The van der Waals surface area contributed by atoms with Gasteiger partial charge in [-0.25, -0.2) is 9.18 Å². The van der Waals surface area contributed by atoms with E-state index in [0.717, 1.165) is 5.56 Å². The van der Waals surface area contributed by atoms with Crippen LogP contribution in [0.2, 0.25) is 0 Å². The molecule has 7 heteroatoms. The van der Waals surface area contributed by atoms with Gasteiger partial charge < -0.3 is 9.84 Å². The number of nitrogens with zero attached hydrogens (tertiary/aromatic N) is 1. The van der Waals surface area contributed by atoms with Gasteiger partial charge in [0.15, 0.2) is 11.6 Å². The van der Waals surface area contributed by atoms with Crippen molar-refractivity contribution in [1.29, 1.82) is 0 Å². The summed E-state index contributed by atoms with van der Waals surface area (Å²) in [5, 5.41) is 9.86. The molecule has 0 bridgehead atoms. The minimum Gasteiger partial charge on any atom is -0.478 e. The Morgan fingerprint density at radius 3 is 2.06 bits per heavy atom. The lowest BCUT2D eigenvalue weighted by molar-refractivity contribution is -0.133. The van der Waals surface area contributed by atoms with Crippen LogP contribution in [0.1, 0.15) is 34.3 Å². The zero-order chi connectivity index (χ0) is 25.3. The Balaban J connectivity index is 1.27. The van der Waals surface area contributed by atoms with Crippen LogP contribution in [0, 0.1) is 11.2 Å². The Labute approximate surface area is 206 Å². The van der Waals surface area contributed by atoms with Crippen molar-refractivity contribution in [2.45, 2.75) is 25.7 Å². The molecular formula is C29H22FNO5. The first-order valence-corrected chi connectivity index (χ1v) is 11.5. The van der Waals surface area contributed by atoms with Gasteiger partial charge >= 0.3 is 5.97 Å². The number of ether oxygens (including phenoxy) is 1. The molecule has 1 aliphatic carbocycles. The predicted molar refractivity (Wildman–Crippen MR) is 131 cm³/mol. The van der Waals surface area contributed by atoms with Crippen LogP contribution in [0.3, 0.4) is 0 Å². The van der Waals surface area contributed by atoms with E-state index in [1.54, 1.807) is 54.7 Å². The Bertz CT molecular complexity index is 1470. The lowest BCUT2D eigenvalue weighted by atomic mass is 9.88. The fourth-order valence-corrected chi connectivity index (χ4v) is 4.29. The highest BCUT2D eigenvalue weighted by molar-refractivity contribution is 6.11. The van der Waals surface area contributed by atoms with Crippen molar-refractivity contribution < 1.29 is 28.6 Å². The van der Waals surface area contributed by atoms with E-state index in [9.17, 15) is 23.9 Å². The number of pyridine rings is 1. The Morgan fingerprint density at radius 2 is 1.47 bits per heavy atom. The first kappa shape index (κ1) is 23.4. The van der Waals surface area contributed by atoms with Crippen molar-refractivity contribution in [1.82, 2.24) is 4.98 Å². The van der Waals surface area contributed by atoms with Gasteiger partial charge in [0.1, 0.15) is 17.3 Å². The molecule has 36 heavy (non-hydrogen) atoms. The molecule has 1 fully saturated rings. The number of aromatic nitrogens is 1. The predicted octanol–water partition coefficient (Wildman–Crippen LogP) is 5.57. The molecule has 1 N–H and O–H groups in total. The maximum Gasteiger partial charge on any atom is 0.335 e. The summed E-state index contributed by atoms with van der Waals surface area (Å²) in [4.78, 5) is 41.5. The number of hydrogen-bond donors (Lipinski definition) is 1. The molecule has 1 aliphatic rings. The third-order valence-electron chi connectivity index (χ3n) is 6.56. The average molecular weight is 483 g/mol. The highest BCUT2D eigenvalue weighted by Crippen LogP contribution is 2.48. The molecule has 0 spiro atoms. The molecule has 5 rings (SSSR count). The van der Waals surface area contributed by atoms with Crippen LogP contribution < -0.4 is 4.74 Å². The molecule has 1 saturated carbocycles. The van der Waals surface area contributed by atoms with E-state index in [2.05, 4.69) is 4.98 Å². The van der Waals surface area contributed by atoms with Crippen LogP contribution >= 0.6 is 0 Å². The van der Waals surface area contributed by atoms with Gasteiger partial charge in [0, 0.05) is 24.4 Å². The van der Waals surface area contributed by atoms with E-state index < -0.39 is 11.4 Å². The highest BCUT2D eigenvalue weighted by atomic mass is 19.1. The van der Waals surface area contributed by atoms with Crippen LogP contribution in [-0.4, -0.2) is 27.6 Å².